The van der Waals surface area contributed by atoms with Crippen LogP contribution in [0.5, 0.6) is 0 Å². The first-order chi connectivity index (χ1) is 14.0. The van der Waals surface area contributed by atoms with Gasteiger partial charge in [0, 0.05) is 30.3 Å². The Labute approximate surface area is 170 Å². The fraction of sp³-hybridized carbons (Fsp3) is 0.348. The van der Waals surface area contributed by atoms with Crippen LogP contribution in [0.15, 0.2) is 54.6 Å². The number of carbonyl (C=O) groups excluding carboxylic acids is 2. The van der Waals surface area contributed by atoms with Crippen LogP contribution in [0.1, 0.15) is 46.0 Å². The lowest BCUT2D eigenvalue weighted by Crippen LogP contribution is -2.48. The monoisotopic (exact) mass is 394 g/mol. The number of carbonyl (C=O) groups is 3. The van der Waals surface area contributed by atoms with Gasteiger partial charge >= 0.3 is 5.97 Å². The molecule has 0 bridgehead atoms. The number of hydrogen-bond acceptors (Lipinski definition) is 4. The molecule has 1 heterocycles. The number of ketones is 1. The van der Waals surface area contributed by atoms with Gasteiger partial charge < -0.3 is 10.0 Å². The van der Waals surface area contributed by atoms with Gasteiger partial charge in [-0.1, -0.05) is 55.5 Å². The molecule has 0 aliphatic carbocycles. The summed E-state index contributed by atoms with van der Waals surface area (Å²) in [7, 11) is 0. The van der Waals surface area contributed by atoms with Crippen LogP contribution in [0.25, 0.3) is 0 Å². The first-order valence-corrected chi connectivity index (χ1v) is 9.95. The average molecular weight is 394 g/mol. The van der Waals surface area contributed by atoms with Crippen molar-refractivity contribution in [1.82, 2.24) is 9.80 Å². The van der Waals surface area contributed by atoms with Gasteiger partial charge in [0.15, 0.2) is 5.78 Å². The summed E-state index contributed by atoms with van der Waals surface area (Å²) in [6.07, 6.45) is 1.45. The molecule has 2 aromatic rings. The SMILES string of the molecule is CCN(CC(=O)O)C1CCN(C(=O)c2ccccc2C(=O)c2ccccc2)CC1. The molecule has 0 aromatic heterocycles. The molecule has 0 radical (unpaired) electrons. The van der Waals surface area contributed by atoms with Crippen molar-refractivity contribution in [2.24, 2.45) is 0 Å². The molecule has 6 heteroatoms. The van der Waals surface area contributed by atoms with Crippen molar-refractivity contribution in [1.29, 1.82) is 0 Å². The smallest absolute Gasteiger partial charge is 0.317 e. The average Bonchev–Trinajstić information content (AvgIpc) is 2.77. The summed E-state index contributed by atoms with van der Waals surface area (Å²) in [5.74, 6) is -1.15. The van der Waals surface area contributed by atoms with Gasteiger partial charge in [0.2, 0.25) is 0 Å². The summed E-state index contributed by atoms with van der Waals surface area (Å²) in [5.41, 5.74) is 1.38. The van der Waals surface area contributed by atoms with E-state index in [-0.39, 0.29) is 24.3 Å². The summed E-state index contributed by atoms with van der Waals surface area (Å²) in [4.78, 5) is 40.8. The van der Waals surface area contributed by atoms with Crippen LogP contribution in [-0.4, -0.2) is 64.8 Å². The zero-order valence-electron chi connectivity index (χ0n) is 16.6. The molecule has 1 aliphatic rings. The standard InChI is InChI=1S/C23H26N2O4/c1-2-24(16-21(26)27)18-12-14-25(15-13-18)23(29)20-11-7-6-10-19(20)22(28)17-8-4-3-5-9-17/h3-11,18H,2,12-16H2,1H3,(H,26,27). The first kappa shape index (κ1) is 20.7. The molecule has 0 spiro atoms. The van der Waals surface area contributed by atoms with E-state index in [4.69, 9.17) is 5.11 Å². The maximum Gasteiger partial charge on any atom is 0.317 e. The fourth-order valence-electron chi connectivity index (χ4n) is 3.89. The number of likely N-dealkylation sites (N-methyl/N-ethyl adjacent to an activating group) is 1. The Hall–Kier alpha value is -2.99. The molecule has 152 valence electrons. The first-order valence-electron chi connectivity index (χ1n) is 9.95. The summed E-state index contributed by atoms with van der Waals surface area (Å²) >= 11 is 0. The Morgan fingerprint density at radius 2 is 1.55 bits per heavy atom. The highest BCUT2D eigenvalue weighted by Gasteiger charge is 2.29. The number of piperidine rings is 1. The molecule has 2 aromatic carbocycles. The van der Waals surface area contributed by atoms with Gasteiger partial charge in [-0.25, -0.2) is 0 Å². The third-order valence-corrected chi connectivity index (χ3v) is 5.45. The molecular formula is C23H26N2O4. The zero-order valence-corrected chi connectivity index (χ0v) is 16.6. The van der Waals surface area contributed by atoms with Crippen molar-refractivity contribution in [2.75, 3.05) is 26.2 Å². The fourth-order valence-corrected chi connectivity index (χ4v) is 3.89. The van der Waals surface area contributed by atoms with Crippen LogP contribution >= 0.6 is 0 Å². The van der Waals surface area contributed by atoms with Crippen molar-refractivity contribution in [3.8, 4) is 0 Å². The van der Waals surface area contributed by atoms with E-state index in [0.29, 0.717) is 36.3 Å². The van der Waals surface area contributed by atoms with E-state index in [0.717, 1.165) is 12.8 Å². The number of likely N-dealkylation sites (tertiary alicyclic amines) is 1. The number of carboxylic acid groups (broad SMARTS) is 1. The minimum Gasteiger partial charge on any atom is -0.480 e. The lowest BCUT2D eigenvalue weighted by molar-refractivity contribution is -0.139. The lowest BCUT2D eigenvalue weighted by Gasteiger charge is -2.37. The number of rotatable bonds is 7. The van der Waals surface area contributed by atoms with E-state index in [1.54, 1.807) is 53.4 Å². The van der Waals surface area contributed by atoms with Crippen molar-refractivity contribution >= 4 is 17.7 Å². The second-order valence-corrected chi connectivity index (χ2v) is 7.22. The van der Waals surface area contributed by atoms with Crippen molar-refractivity contribution in [2.45, 2.75) is 25.8 Å². The molecule has 0 unspecified atom stereocenters. The van der Waals surface area contributed by atoms with Gasteiger partial charge in [-0.2, -0.15) is 0 Å². The predicted molar refractivity (Wildman–Crippen MR) is 110 cm³/mol. The quantitative estimate of drug-likeness (QED) is 0.731. The van der Waals surface area contributed by atoms with Gasteiger partial charge in [-0.3, -0.25) is 19.3 Å². The Morgan fingerprint density at radius 1 is 0.966 bits per heavy atom. The van der Waals surface area contributed by atoms with Gasteiger partial charge in [0.05, 0.1) is 12.1 Å². The van der Waals surface area contributed by atoms with Gasteiger partial charge in [0.25, 0.3) is 5.91 Å². The largest absolute Gasteiger partial charge is 0.480 e. The number of carboxylic acids is 1. The van der Waals surface area contributed by atoms with Crippen LogP contribution in [0.2, 0.25) is 0 Å². The minimum absolute atomic E-state index is 0.0174. The second-order valence-electron chi connectivity index (χ2n) is 7.22. The molecule has 1 N–H and O–H groups in total. The number of nitrogens with zero attached hydrogens (tertiary/aromatic N) is 2. The lowest BCUT2D eigenvalue weighted by atomic mass is 9.96. The van der Waals surface area contributed by atoms with Crippen LogP contribution in [0.4, 0.5) is 0 Å². The summed E-state index contributed by atoms with van der Waals surface area (Å²) in [5, 5.41) is 9.07. The predicted octanol–water partition coefficient (Wildman–Crippen LogP) is 2.93. The van der Waals surface area contributed by atoms with E-state index in [1.807, 2.05) is 17.9 Å². The second kappa shape index (κ2) is 9.47. The summed E-state index contributed by atoms with van der Waals surface area (Å²) in [6, 6.07) is 16.0. The molecule has 1 saturated heterocycles. The Kier molecular flexibility index (Phi) is 6.77. The number of benzene rings is 2. The van der Waals surface area contributed by atoms with Crippen LogP contribution in [0.3, 0.4) is 0 Å². The number of aliphatic carboxylic acids is 1. The molecule has 1 fully saturated rings. The number of amides is 1. The number of hydrogen-bond donors (Lipinski definition) is 1. The molecule has 0 atom stereocenters. The zero-order chi connectivity index (χ0) is 20.8. The third-order valence-electron chi connectivity index (χ3n) is 5.45. The minimum atomic E-state index is -0.835. The maximum atomic E-state index is 13.1. The third kappa shape index (κ3) is 4.90. The summed E-state index contributed by atoms with van der Waals surface area (Å²) in [6.45, 7) is 3.73. The maximum absolute atomic E-state index is 13.1. The Balaban J connectivity index is 1.72. The van der Waals surface area contributed by atoms with Crippen LogP contribution in [-0.2, 0) is 4.79 Å². The highest BCUT2D eigenvalue weighted by Crippen LogP contribution is 2.21. The van der Waals surface area contributed by atoms with E-state index in [9.17, 15) is 14.4 Å². The van der Waals surface area contributed by atoms with Crippen LogP contribution in [0, 0.1) is 0 Å². The van der Waals surface area contributed by atoms with Gasteiger partial charge in [-0.15, -0.1) is 0 Å². The molecule has 1 aliphatic heterocycles. The van der Waals surface area contributed by atoms with Crippen molar-refractivity contribution < 1.29 is 19.5 Å². The highest BCUT2D eigenvalue weighted by atomic mass is 16.4. The molecule has 29 heavy (non-hydrogen) atoms. The molecule has 6 nitrogen and oxygen atoms in total. The topological polar surface area (TPSA) is 77.9 Å². The Morgan fingerprint density at radius 3 is 2.14 bits per heavy atom. The van der Waals surface area contributed by atoms with E-state index in [2.05, 4.69) is 0 Å². The summed E-state index contributed by atoms with van der Waals surface area (Å²) < 4.78 is 0. The van der Waals surface area contributed by atoms with Crippen molar-refractivity contribution in [3.63, 3.8) is 0 Å². The Bertz CT molecular complexity index is 873. The normalized spacial score (nSPS) is 14.8. The van der Waals surface area contributed by atoms with Gasteiger partial charge in [-0.05, 0) is 25.5 Å². The van der Waals surface area contributed by atoms with E-state index < -0.39 is 5.97 Å². The molecule has 3 rings (SSSR count). The highest BCUT2D eigenvalue weighted by molar-refractivity contribution is 6.15. The van der Waals surface area contributed by atoms with E-state index in [1.165, 1.54) is 0 Å². The van der Waals surface area contributed by atoms with Crippen LogP contribution < -0.4 is 0 Å². The van der Waals surface area contributed by atoms with E-state index >= 15 is 0 Å². The van der Waals surface area contributed by atoms with Gasteiger partial charge in [0.1, 0.15) is 0 Å². The van der Waals surface area contributed by atoms with Crippen molar-refractivity contribution in [3.05, 3.63) is 71.3 Å². The molecular weight excluding hydrogens is 368 g/mol. The molecule has 0 saturated carbocycles. The molecule has 1 amide bonds.